The number of benzene rings is 1. The van der Waals surface area contributed by atoms with Gasteiger partial charge in [0.25, 0.3) is 5.91 Å². The molecule has 0 saturated heterocycles. The van der Waals surface area contributed by atoms with Crippen molar-refractivity contribution < 1.29 is 10.0 Å². The molecule has 1 aromatic rings. The van der Waals surface area contributed by atoms with Crippen LogP contribution in [0.5, 0.6) is 0 Å². The Morgan fingerprint density at radius 2 is 1.21 bits per heavy atom. The normalized spacial score (nSPS) is 11.2. The van der Waals surface area contributed by atoms with Gasteiger partial charge in [-0.15, -0.1) is 0 Å². The van der Waals surface area contributed by atoms with Gasteiger partial charge in [0.15, 0.2) is 0 Å². The van der Waals surface area contributed by atoms with Crippen LogP contribution in [-0.2, 0) is 0 Å². The minimum Gasteiger partial charge on any atom is -0.288 e. The summed E-state index contributed by atoms with van der Waals surface area (Å²) >= 11 is 0. The van der Waals surface area contributed by atoms with Crippen LogP contribution in [0.4, 0.5) is 0 Å². The molecule has 3 heteroatoms. The van der Waals surface area contributed by atoms with E-state index >= 15 is 0 Å². The molecule has 0 saturated carbocycles. The van der Waals surface area contributed by atoms with E-state index in [1.165, 1.54) is 96.3 Å². The lowest BCUT2D eigenvalue weighted by molar-refractivity contribution is 0.0706. The van der Waals surface area contributed by atoms with Crippen LogP contribution in [0.1, 0.15) is 126 Å². The van der Waals surface area contributed by atoms with Crippen LogP contribution in [0.25, 0.3) is 6.08 Å². The number of nitrogens with one attached hydrogen (secondary N) is 1. The van der Waals surface area contributed by atoms with Gasteiger partial charge in [-0.3, -0.25) is 10.0 Å². The molecule has 3 nitrogen and oxygen atoms in total. The molecule has 2 N–H and O–H groups in total. The molecular weight excluding hydrogens is 358 g/mol. The van der Waals surface area contributed by atoms with Gasteiger partial charge in [0, 0.05) is 5.56 Å². The second-order valence-electron chi connectivity index (χ2n) is 8.20. The molecule has 0 aliphatic carbocycles. The van der Waals surface area contributed by atoms with E-state index in [0.29, 0.717) is 5.56 Å². The Bertz CT molecular complexity index is 536. The van der Waals surface area contributed by atoms with Crippen LogP contribution >= 0.6 is 0 Å². The maximum absolute atomic E-state index is 11.3. The zero-order valence-electron chi connectivity index (χ0n) is 18.6. The Kier molecular flexibility index (Phi) is 16.2. The SMILES string of the molecule is CCCCCCCCCCCCCCCCCC=Cc1ccc(C(=O)NO)cc1. The highest BCUT2D eigenvalue weighted by Gasteiger charge is 2.01. The van der Waals surface area contributed by atoms with E-state index in [2.05, 4.69) is 19.1 Å². The van der Waals surface area contributed by atoms with E-state index in [1.807, 2.05) is 12.1 Å². The number of amides is 1. The first-order chi connectivity index (χ1) is 14.3. The average molecular weight is 402 g/mol. The number of allylic oxidation sites excluding steroid dienone is 1. The topological polar surface area (TPSA) is 49.3 Å². The Balaban J connectivity index is 1.87. The molecule has 1 aromatic carbocycles. The number of carbonyl (C=O) groups excluding carboxylic acids is 1. The Labute approximate surface area is 179 Å². The fourth-order valence-electron chi connectivity index (χ4n) is 3.66. The molecule has 0 atom stereocenters. The highest BCUT2D eigenvalue weighted by Crippen LogP contribution is 2.14. The molecule has 0 bridgehead atoms. The van der Waals surface area contributed by atoms with Crippen LogP contribution in [0.15, 0.2) is 30.3 Å². The van der Waals surface area contributed by atoms with Gasteiger partial charge in [-0.2, -0.15) is 0 Å². The second-order valence-corrected chi connectivity index (χ2v) is 8.20. The molecule has 0 heterocycles. The Hall–Kier alpha value is -1.61. The molecule has 0 aromatic heterocycles. The van der Waals surface area contributed by atoms with Crippen LogP contribution in [-0.4, -0.2) is 11.1 Å². The van der Waals surface area contributed by atoms with Gasteiger partial charge >= 0.3 is 0 Å². The molecular formula is C26H43NO2. The van der Waals surface area contributed by atoms with Gasteiger partial charge < -0.3 is 0 Å². The van der Waals surface area contributed by atoms with Crippen LogP contribution in [0.2, 0.25) is 0 Å². The molecule has 29 heavy (non-hydrogen) atoms. The molecule has 0 radical (unpaired) electrons. The van der Waals surface area contributed by atoms with Gasteiger partial charge in [0.05, 0.1) is 0 Å². The summed E-state index contributed by atoms with van der Waals surface area (Å²) in [6.07, 6.45) is 26.4. The van der Waals surface area contributed by atoms with Crippen LogP contribution in [0, 0.1) is 0 Å². The van der Waals surface area contributed by atoms with Crippen molar-refractivity contribution in [1.29, 1.82) is 0 Å². The number of unbranched alkanes of at least 4 members (excludes halogenated alkanes) is 15. The van der Waals surface area contributed by atoms with Crippen molar-refractivity contribution in [2.45, 2.75) is 110 Å². The molecule has 164 valence electrons. The maximum atomic E-state index is 11.3. The maximum Gasteiger partial charge on any atom is 0.274 e. The number of carbonyl (C=O) groups is 1. The second kappa shape index (κ2) is 18.4. The van der Waals surface area contributed by atoms with E-state index in [9.17, 15) is 4.79 Å². The summed E-state index contributed by atoms with van der Waals surface area (Å²) in [5.74, 6) is -0.474. The van der Waals surface area contributed by atoms with E-state index < -0.39 is 5.91 Å². The average Bonchev–Trinajstić information content (AvgIpc) is 2.75. The molecule has 0 unspecified atom stereocenters. The summed E-state index contributed by atoms with van der Waals surface area (Å²) in [6, 6.07) is 7.23. The summed E-state index contributed by atoms with van der Waals surface area (Å²) in [5, 5.41) is 8.61. The first-order valence-electron chi connectivity index (χ1n) is 12.0. The van der Waals surface area contributed by atoms with Crippen molar-refractivity contribution in [3.8, 4) is 0 Å². The molecule has 0 fully saturated rings. The predicted octanol–water partition coefficient (Wildman–Crippen LogP) is 8.08. The van der Waals surface area contributed by atoms with E-state index in [1.54, 1.807) is 17.6 Å². The highest BCUT2D eigenvalue weighted by atomic mass is 16.5. The number of hydroxylamine groups is 1. The van der Waals surface area contributed by atoms with Crippen molar-refractivity contribution in [1.82, 2.24) is 5.48 Å². The van der Waals surface area contributed by atoms with Crippen molar-refractivity contribution >= 4 is 12.0 Å². The fraction of sp³-hybridized carbons (Fsp3) is 0.654. The molecule has 0 aliphatic heterocycles. The van der Waals surface area contributed by atoms with E-state index in [4.69, 9.17) is 5.21 Å². The summed E-state index contributed by atoms with van der Waals surface area (Å²) < 4.78 is 0. The Morgan fingerprint density at radius 3 is 1.66 bits per heavy atom. The summed E-state index contributed by atoms with van der Waals surface area (Å²) in [7, 11) is 0. The lowest BCUT2D eigenvalue weighted by Crippen LogP contribution is -2.18. The van der Waals surface area contributed by atoms with Gasteiger partial charge in [-0.1, -0.05) is 121 Å². The zero-order valence-corrected chi connectivity index (χ0v) is 18.6. The third-order valence-electron chi connectivity index (χ3n) is 5.56. The highest BCUT2D eigenvalue weighted by molar-refractivity contribution is 5.93. The van der Waals surface area contributed by atoms with Crippen LogP contribution < -0.4 is 5.48 Å². The largest absolute Gasteiger partial charge is 0.288 e. The minimum atomic E-state index is -0.474. The molecule has 0 spiro atoms. The number of hydrogen-bond acceptors (Lipinski definition) is 2. The van der Waals surface area contributed by atoms with Gasteiger partial charge in [-0.25, -0.2) is 5.48 Å². The zero-order chi connectivity index (χ0) is 21.0. The van der Waals surface area contributed by atoms with E-state index in [-0.39, 0.29) is 0 Å². The van der Waals surface area contributed by atoms with Crippen molar-refractivity contribution in [2.75, 3.05) is 0 Å². The van der Waals surface area contributed by atoms with Crippen molar-refractivity contribution in [3.05, 3.63) is 41.5 Å². The quantitative estimate of drug-likeness (QED) is 0.148. The monoisotopic (exact) mass is 401 g/mol. The third kappa shape index (κ3) is 14.1. The van der Waals surface area contributed by atoms with Crippen molar-refractivity contribution in [2.24, 2.45) is 0 Å². The lowest BCUT2D eigenvalue weighted by Gasteiger charge is -2.03. The van der Waals surface area contributed by atoms with Gasteiger partial charge in [0.1, 0.15) is 0 Å². The first kappa shape index (κ1) is 25.4. The summed E-state index contributed by atoms with van der Waals surface area (Å²) in [6.45, 7) is 2.28. The van der Waals surface area contributed by atoms with Gasteiger partial charge in [0.2, 0.25) is 0 Å². The molecule has 1 rings (SSSR count). The third-order valence-corrected chi connectivity index (χ3v) is 5.56. The molecule has 1 amide bonds. The summed E-state index contributed by atoms with van der Waals surface area (Å²) in [5.41, 5.74) is 3.20. The van der Waals surface area contributed by atoms with Gasteiger partial charge in [-0.05, 0) is 30.5 Å². The number of rotatable bonds is 18. The number of hydrogen-bond donors (Lipinski definition) is 2. The predicted molar refractivity (Wildman–Crippen MR) is 124 cm³/mol. The Morgan fingerprint density at radius 1 is 0.759 bits per heavy atom. The summed E-state index contributed by atoms with van der Waals surface area (Å²) in [4.78, 5) is 11.3. The van der Waals surface area contributed by atoms with E-state index in [0.717, 1.165) is 12.0 Å². The lowest BCUT2D eigenvalue weighted by atomic mass is 10.0. The minimum absolute atomic E-state index is 0.465. The smallest absolute Gasteiger partial charge is 0.274 e. The first-order valence-corrected chi connectivity index (χ1v) is 12.0. The van der Waals surface area contributed by atoms with Crippen LogP contribution in [0.3, 0.4) is 0 Å². The van der Waals surface area contributed by atoms with Crippen molar-refractivity contribution in [3.63, 3.8) is 0 Å². The molecule has 0 aliphatic rings. The standard InChI is InChI=1S/C26H43NO2/c1-2-3-4-5-6-7-8-9-10-11-12-13-14-15-16-17-18-19-24-20-22-25(23-21-24)26(28)27-29/h18-23,29H,2-17H2,1H3,(H,27,28). The fourth-order valence-corrected chi connectivity index (χ4v) is 3.66.